The average molecular weight is 481 g/mol. The molecule has 0 heterocycles. The Labute approximate surface area is 197 Å². The highest BCUT2D eigenvalue weighted by Gasteiger charge is 2.26. The summed E-state index contributed by atoms with van der Waals surface area (Å²) in [5.74, 6) is 0.309. The number of nitrogens with zero attached hydrogens (tertiary/aromatic N) is 1. The van der Waals surface area contributed by atoms with Crippen molar-refractivity contribution in [1.29, 1.82) is 0 Å². The van der Waals surface area contributed by atoms with Crippen LogP contribution in [0.15, 0.2) is 87.8 Å². The van der Waals surface area contributed by atoms with Gasteiger partial charge in [0.1, 0.15) is 5.75 Å². The van der Waals surface area contributed by atoms with Crippen LogP contribution in [0.2, 0.25) is 5.02 Å². The summed E-state index contributed by atoms with van der Waals surface area (Å²) in [5, 5.41) is 3.61. The molecular weight excluding hydrogens is 460 g/mol. The van der Waals surface area contributed by atoms with E-state index in [0.29, 0.717) is 34.2 Å². The van der Waals surface area contributed by atoms with E-state index in [4.69, 9.17) is 16.3 Å². The second kappa shape index (κ2) is 9.21. The highest BCUT2D eigenvalue weighted by Crippen LogP contribution is 2.28. The zero-order valence-electron chi connectivity index (χ0n) is 18.0. The molecular formula is C25H21ClN2O4S. The van der Waals surface area contributed by atoms with Crippen molar-refractivity contribution in [2.45, 2.75) is 18.7 Å². The Bertz CT molecular complexity index is 1390. The number of nitrogens with one attached hydrogen (secondary N) is 1. The number of Topliss-reactive ketones (excluding diaryl/α,β-unsaturated/α-hetero) is 1. The van der Waals surface area contributed by atoms with E-state index in [1.807, 2.05) is 19.9 Å². The third kappa shape index (κ3) is 4.84. The van der Waals surface area contributed by atoms with Gasteiger partial charge in [-0.05, 0) is 61.9 Å². The maximum absolute atomic E-state index is 13.1. The Morgan fingerprint density at radius 1 is 1.00 bits per heavy atom. The summed E-state index contributed by atoms with van der Waals surface area (Å²) in [6.07, 6.45) is 1.46. The van der Waals surface area contributed by atoms with Crippen molar-refractivity contribution in [3.8, 4) is 5.75 Å². The van der Waals surface area contributed by atoms with Crippen molar-refractivity contribution in [3.63, 3.8) is 0 Å². The fourth-order valence-corrected chi connectivity index (χ4v) is 4.60. The zero-order chi connectivity index (χ0) is 23.6. The molecule has 3 aromatic carbocycles. The normalized spacial score (nSPS) is 14.6. The standard InChI is InChI=1S/C25H21ClN2O4S/c1-3-32-18-10-12-19(13-11-18)33(30,31)28-23-15-24(25(29)21-7-5-4-6-20(21)23)27-22-14-17(26)9-8-16(22)2/h4-15,27H,3H2,1-2H3/b28-23-. The Morgan fingerprint density at radius 3 is 2.39 bits per heavy atom. The number of benzene rings is 3. The van der Waals surface area contributed by atoms with E-state index < -0.39 is 10.0 Å². The molecule has 0 atom stereocenters. The smallest absolute Gasteiger partial charge is 0.282 e. The average Bonchev–Trinajstić information content (AvgIpc) is 2.80. The molecule has 1 N–H and O–H groups in total. The maximum Gasteiger partial charge on any atom is 0.282 e. The summed E-state index contributed by atoms with van der Waals surface area (Å²) in [4.78, 5) is 13.1. The Morgan fingerprint density at radius 2 is 1.70 bits per heavy atom. The monoisotopic (exact) mass is 480 g/mol. The minimum absolute atomic E-state index is 0.0291. The number of rotatable bonds is 6. The molecule has 0 aliphatic heterocycles. The Balaban J connectivity index is 1.78. The fourth-order valence-electron chi connectivity index (χ4n) is 3.43. The first kappa shape index (κ1) is 22.8. The van der Waals surface area contributed by atoms with Crippen LogP contribution in [0.1, 0.15) is 28.4 Å². The molecule has 0 aromatic heterocycles. The van der Waals surface area contributed by atoms with Gasteiger partial charge < -0.3 is 10.1 Å². The first-order chi connectivity index (χ1) is 15.8. The van der Waals surface area contributed by atoms with Crippen LogP contribution >= 0.6 is 11.6 Å². The molecule has 0 unspecified atom stereocenters. The number of anilines is 1. The Kier molecular flexibility index (Phi) is 6.35. The van der Waals surface area contributed by atoms with Gasteiger partial charge >= 0.3 is 0 Å². The summed E-state index contributed by atoms with van der Waals surface area (Å²) in [7, 11) is -4.04. The topological polar surface area (TPSA) is 84.8 Å². The Hall–Kier alpha value is -3.42. The van der Waals surface area contributed by atoms with E-state index in [1.54, 1.807) is 48.5 Å². The molecule has 0 amide bonds. The molecule has 4 rings (SSSR count). The number of hydrogen-bond acceptors (Lipinski definition) is 5. The lowest BCUT2D eigenvalue weighted by molar-refractivity contribution is 0.103. The first-order valence-corrected chi connectivity index (χ1v) is 12.1. The number of carbonyl (C=O) groups excluding carboxylic acids is 1. The van der Waals surface area contributed by atoms with E-state index in [9.17, 15) is 13.2 Å². The molecule has 1 aliphatic carbocycles. The second-order valence-electron chi connectivity index (χ2n) is 7.37. The molecule has 3 aromatic rings. The van der Waals surface area contributed by atoms with Gasteiger partial charge in [0.15, 0.2) is 0 Å². The van der Waals surface area contributed by atoms with Crippen molar-refractivity contribution in [3.05, 3.63) is 100 Å². The van der Waals surface area contributed by atoms with E-state index in [2.05, 4.69) is 9.71 Å². The first-order valence-electron chi connectivity index (χ1n) is 10.3. The van der Waals surface area contributed by atoms with Crippen LogP contribution in [0.3, 0.4) is 0 Å². The summed E-state index contributed by atoms with van der Waals surface area (Å²) < 4.78 is 35.5. The van der Waals surface area contributed by atoms with Gasteiger partial charge in [-0.2, -0.15) is 12.8 Å². The molecule has 0 saturated carbocycles. The summed E-state index contributed by atoms with van der Waals surface area (Å²) in [5.41, 5.74) is 2.72. The molecule has 1 aliphatic rings. The van der Waals surface area contributed by atoms with E-state index in [1.165, 1.54) is 18.2 Å². The largest absolute Gasteiger partial charge is 0.494 e. The molecule has 33 heavy (non-hydrogen) atoms. The molecule has 0 spiro atoms. The van der Waals surface area contributed by atoms with Crippen molar-refractivity contribution in [2.24, 2.45) is 4.40 Å². The number of carbonyl (C=O) groups is 1. The van der Waals surface area contributed by atoms with Gasteiger partial charge in [0.25, 0.3) is 10.0 Å². The maximum atomic E-state index is 13.1. The quantitative estimate of drug-likeness (QED) is 0.509. The third-order valence-electron chi connectivity index (χ3n) is 5.09. The lowest BCUT2D eigenvalue weighted by atomic mass is 9.92. The zero-order valence-corrected chi connectivity index (χ0v) is 19.6. The third-order valence-corrected chi connectivity index (χ3v) is 6.63. The van der Waals surface area contributed by atoms with Crippen molar-refractivity contribution >= 4 is 38.8 Å². The molecule has 0 radical (unpaired) electrons. The minimum atomic E-state index is -4.04. The van der Waals surface area contributed by atoms with Crippen LogP contribution in [-0.4, -0.2) is 26.5 Å². The fraction of sp³-hybridized carbons (Fsp3) is 0.120. The predicted octanol–water partition coefficient (Wildman–Crippen LogP) is 5.42. The number of hydrogen-bond donors (Lipinski definition) is 1. The SMILES string of the molecule is CCOc1ccc(S(=O)(=O)/N=C2/C=C(Nc3cc(Cl)ccc3C)C(=O)c3ccccc32)cc1. The van der Waals surface area contributed by atoms with Gasteiger partial charge in [-0.15, -0.1) is 0 Å². The predicted molar refractivity (Wildman–Crippen MR) is 130 cm³/mol. The van der Waals surface area contributed by atoms with Crippen LogP contribution in [0.25, 0.3) is 0 Å². The number of ether oxygens (including phenoxy) is 1. The molecule has 8 heteroatoms. The minimum Gasteiger partial charge on any atom is -0.494 e. The number of halogens is 1. The molecule has 0 saturated heterocycles. The number of ketones is 1. The molecule has 0 fully saturated rings. The van der Waals surface area contributed by atoms with E-state index in [0.717, 1.165) is 5.56 Å². The molecule has 6 nitrogen and oxygen atoms in total. The van der Waals surface area contributed by atoms with Crippen molar-refractivity contribution in [2.75, 3.05) is 11.9 Å². The van der Waals surface area contributed by atoms with Crippen LogP contribution in [-0.2, 0) is 10.0 Å². The molecule has 168 valence electrons. The lowest BCUT2D eigenvalue weighted by Crippen LogP contribution is -2.23. The number of fused-ring (bicyclic) bond motifs is 1. The van der Waals surface area contributed by atoms with Crippen molar-refractivity contribution < 1.29 is 17.9 Å². The second-order valence-corrected chi connectivity index (χ2v) is 9.41. The van der Waals surface area contributed by atoms with Crippen LogP contribution in [0.4, 0.5) is 5.69 Å². The van der Waals surface area contributed by atoms with Crippen molar-refractivity contribution in [1.82, 2.24) is 0 Å². The highest BCUT2D eigenvalue weighted by molar-refractivity contribution is 7.90. The van der Waals surface area contributed by atoms with E-state index >= 15 is 0 Å². The lowest BCUT2D eigenvalue weighted by Gasteiger charge is -2.19. The van der Waals surface area contributed by atoms with Gasteiger partial charge in [0.05, 0.1) is 22.9 Å². The van der Waals surface area contributed by atoms with Gasteiger partial charge in [0.2, 0.25) is 5.78 Å². The summed E-state index contributed by atoms with van der Waals surface area (Å²) in [6, 6.07) is 18.1. The van der Waals surface area contributed by atoms with Crippen LogP contribution in [0, 0.1) is 6.92 Å². The van der Waals surface area contributed by atoms with Gasteiger partial charge in [0, 0.05) is 21.8 Å². The van der Waals surface area contributed by atoms with Crippen LogP contribution < -0.4 is 10.1 Å². The van der Waals surface area contributed by atoms with Gasteiger partial charge in [-0.25, -0.2) is 0 Å². The molecule has 0 bridgehead atoms. The summed E-state index contributed by atoms with van der Waals surface area (Å²) >= 11 is 6.11. The van der Waals surface area contributed by atoms with E-state index in [-0.39, 0.29) is 22.1 Å². The summed E-state index contributed by atoms with van der Waals surface area (Å²) in [6.45, 7) is 4.21. The highest BCUT2D eigenvalue weighted by atomic mass is 35.5. The number of sulfonamides is 1. The number of allylic oxidation sites excluding steroid dienone is 2. The number of aryl methyl sites for hydroxylation is 1. The van der Waals surface area contributed by atoms with Gasteiger partial charge in [-0.3, -0.25) is 4.79 Å². The van der Waals surface area contributed by atoms with Crippen LogP contribution in [0.5, 0.6) is 5.75 Å². The van der Waals surface area contributed by atoms with Gasteiger partial charge in [-0.1, -0.05) is 41.9 Å².